The van der Waals surface area contributed by atoms with Crippen molar-refractivity contribution in [2.75, 3.05) is 29.5 Å². The molecule has 0 unspecified atom stereocenters. The van der Waals surface area contributed by atoms with E-state index < -0.39 is 0 Å². The van der Waals surface area contributed by atoms with Gasteiger partial charge in [0.25, 0.3) is 5.82 Å². The van der Waals surface area contributed by atoms with Crippen molar-refractivity contribution in [3.63, 3.8) is 0 Å². The van der Waals surface area contributed by atoms with E-state index in [9.17, 15) is 0 Å². The Morgan fingerprint density at radius 2 is 1.32 bits per heavy atom. The SMILES string of the molecule is CC(C)CNc1cc(NCC(C)C)[nH+]c(N)[nH+]1.[Cl-].[Cl-]. The highest BCUT2D eigenvalue weighted by atomic mass is 35.5. The van der Waals surface area contributed by atoms with Crippen LogP contribution in [0, 0.1) is 11.8 Å². The fourth-order valence-electron chi connectivity index (χ4n) is 1.36. The van der Waals surface area contributed by atoms with Crippen LogP contribution in [-0.4, -0.2) is 13.1 Å². The summed E-state index contributed by atoms with van der Waals surface area (Å²) in [4.78, 5) is 6.12. The lowest BCUT2D eigenvalue weighted by Crippen LogP contribution is -3.00. The second-order valence-corrected chi connectivity index (χ2v) is 5.18. The zero-order chi connectivity index (χ0) is 12.8. The summed E-state index contributed by atoms with van der Waals surface area (Å²) in [5.74, 6) is 3.61. The first-order chi connectivity index (χ1) is 7.97. The van der Waals surface area contributed by atoms with Gasteiger partial charge in [0.2, 0.25) is 5.82 Å². The average Bonchev–Trinajstić information content (AvgIpc) is 2.23. The molecule has 0 amide bonds. The molecule has 0 fully saturated rings. The van der Waals surface area contributed by atoms with E-state index in [1.807, 2.05) is 6.07 Å². The van der Waals surface area contributed by atoms with Gasteiger partial charge in [-0.15, -0.1) is 0 Å². The number of aromatic amines is 2. The molecule has 0 aromatic carbocycles. The number of nitrogen functional groups attached to an aromatic ring is 1. The second-order valence-electron chi connectivity index (χ2n) is 5.18. The summed E-state index contributed by atoms with van der Waals surface area (Å²) in [6.07, 6.45) is 0. The van der Waals surface area contributed by atoms with Gasteiger partial charge in [0.05, 0.1) is 12.6 Å². The third kappa shape index (κ3) is 8.72. The molecule has 0 saturated heterocycles. The summed E-state index contributed by atoms with van der Waals surface area (Å²) in [5.41, 5.74) is 5.78. The Hall–Kier alpha value is -0.940. The predicted molar refractivity (Wildman–Crippen MR) is 70.6 cm³/mol. The summed E-state index contributed by atoms with van der Waals surface area (Å²) in [6, 6.07) is 2.00. The van der Waals surface area contributed by atoms with Crippen LogP contribution in [0.15, 0.2) is 6.07 Å². The van der Waals surface area contributed by atoms with Gasteiger partial charge in [-0.1, -0.05) is 27.7 Å². The van der Waals surface area contributed by atoms with Crippen LogP contribution in [0.4, 0.5) is 17.6 Å². The number of anilines is 3. The van der Waals surface area contributed by atoms with Crippen LogP contribution in [0.5, 0.6) is 0 Å². The lowest BCUT2D eigenvalue weighted by Gasteiger charge is -2.07. The van der Waals surface area contributed by atoms with Crippen LogP contribution < -0.4 is 51.1 Å². The summed E-state index contributed by atoms with van der Waals surface area (Å²) < 4.78 is 0. The second kappa shape index (κ2) is 9.92. The number of hydrogen-bond donors (Lipinski definition) is 3. The monoisotopic (exact) mass is 309 g/mol. The summed E-state index contributed by atoms with van der Waals surface area (Å²) in [6.45, 7) is 10.5. The maximum absolute atomic E-state index is 5.78. The molecule has 0 saturated carbocycles. The van der Waals surface area contributed by atoms with E-state index in [-0.39, 0.29) is 24.8 Å². The Bertz CT molecular complexity index is 328. The van der Waals surface area contributed by atoms with Gasteiger partial charge in [0.15, 0.2) is 0 Å². The number of rotatable bonds is 6. The fourth-order valence-corrected chi connectivity index (χ4v) is 1.36. The van der Waals surface area contributed by atoms with Gasteiger partial charge >= 0.3 is 5.95 Å². The van der Waals surface area contributed by atoms with Crippen LogP contribution in [0.1, 0.15) is 27.7 Å². The molecule has 112 valence electrons. The van der Waals surface area contributed by atoms with Gasteiger partial charge in [0, 0.05) is 6.54 Å². The van der Waals surface area contributed by atoms with E-state index in [4.69, 9.17) is 5.73 Å². The molecule has 0 bridgehead atoms. The molecular formula is C12H25Cl2N5. The molecule has 0 radical (unpaired) electrons. The zero-order valence-corrected chi connectivity index (χ0v) is 13.5. The summed E-state index contributed by atoms with van der Waals surface area (Å²) in [5, 5.41) is 6.63. The van der Waals surface area contributed by atoms with E-state index in [2.05, 4.69) is 48.3 Å². The molecule has 5 nitrogen and oxygen atoms in total. The number of nitrogens with two attached hydrogens (primary N) is 1. The van der Waals surface area contributed by atoms with Crippen molar-refractivity contribution >= 4 is 17.6 Å². The first-order valence-electron chi connectivity index (χ1n) is 6.20. The third-order valence-electron chi connectivity index (χ3n) is 2.23. The van der Waals surface area contributed by atoms with E-state index in [1.54, 1.807) is 0 Å². The van der Waals surface area contributed by atoms with Gasteiger partial charge < -0.3 is 30.1 Å². The summed E-state index contributed by atoms with van der Waals surface area (Å²) >= 11 is 0. The smallest absolute Gasteiger partial charge is 0.440 e. The minimum atomic E-state index is 0. The topological polar surface area (TPSA) is 78.4 Å². The van der Waals surface area contributed by atoms with E-state index in [0.717, 1.165) is 24.7 Å². The minimum Gasteiger partial charge on any atom is -1.00 e. The highest BCUT2D eigenvalue weighted by Crippen LogP contribution is 2.06. The predicted octanol–water partition coefficient (Wildman–Crippen LogP) is -4.96. The van der Waals surface area contributed by atoms with Crippen molar-refractivity contribution < 1.29 is 34.8 Å². The lowest BCUT2D eigenvalue weighted by molar-refractivity contribution is -0.484. The highest BCUT2D eigenvalue weighted by molar-refractivity contribution is 5.40. The molecule has 0 atom stereocenters. The normalized spacial score (nSPS) is 9.79. The molecule has 0 spiro atoms. The quantitative estimate of drug-likeness (QED) is 0.493. The standard InChI is InChI=1S/C12H23N5.2ClH/c1-8(2)6-14-10-5-11(15-7-9(3)4)17-12(13)16-10;;/h5,8-9H,6-7H2,1-4H3,(H4,13,14,15,16,17);2*1H. The Labute approximate surface area is 128 Å². The Balaban J connectivity index is 0. The van der Waals surface area contributed by atoms with Crippen molar-refractivity contribution in [3.8, 4) is 0 Å². The summed E-state index contributed by atoms with van der Waals surface area (Å²) in [7, 11) is 0. The zero-order valence-electron chi connectivity index (χ0n) is 12.0. The van der Waals surface area contributed by atoms with Crippen LogP contribution in [0.3, 0.4) is 0 Å². The first-order valence-corrected chi connectivity index (χ1v) is 6.20. The molecule has 19 heavy (non-hydrogen) atoms. The molecule has 7 heteroatoms. The molecule has 1 rings (SSSR count). The Kier molecular flexibility index (Phi) is 10.6. The number of aromatic nitrogens is 2. The Morgan fingerprint density at radius 3 is 1.63 bits per heavy atom. The van der Waals surface area contributed by atoms with Crippen LogP contribution >= 0.6 is 0 Å². The van der Waals surface area contributed by atoms with Crippen molar-refractivity contribution in [3.05, 3.63) is 6.07 Å². The van der Waals surface area contributed by atoms with Crippen molar-refractivity contribution in [2.24, 2.45) is 11.8 Å². The van der Waals surface area contributed by atoms with E-state index in [1.165, 1.54) is 0 Å². The molecule has 0 aliphatic carbocycles. The molecule has 6 N–H and O–H groups in total. The molecule has 1 aromatic heterocycles. The molecular weight excluding hydrogens is 285 g/mol. The van der Waals surface area contributed by atoms with Gasteiger partial charge in [-0.05, 0) is 11.8 Å². The minimum absolute atomic E-state index is 0. The van der Waals surface area contributed by atoms with Crippen LogP contribution in [-0.2, 0) is 0 Å². The number of nitrogens with one attached hydrogen (secondary N) is 4. The Morgan fingerprint density at radius 1 is 0.947 bits per heavy atom. The third-order valence-corrected chi connectivity index (χ3v) is 2.23. The first kappa shape index (κ1) is 20.4. The van der Waals surface area contributed by atoms with Crippen molar-refractivity contribution in [1.82, 2.24) is 0 Å². The molecule has 0 aliphatic heterocycles. The van der Waals surface area contributed by atoms with Crippen molar-refractivity contribution in [1.29, 1.82) is 0 Å². The number of H-pyrrole nitrogens is 2. The van der Waals surface area contributed by atoms with Gasteiger partial charge in [-0.3, -0.25) is 11.1 Å². The number of halogens is 2. The maximum Gasteiger partial charge on any atom is 0.440 e. The van der Waals surface area contributed by atoms with Crippen LogP contribution in [0.25, 0.3) is 0 Å². The largest absolute Gasteiger partial charge is 1.00 e. The van der Waals surface area contributed by atoms with Gasteiger partial charge in [-0.25, -0.2) is 0 Å². The fraction of sp³-hybridized carbons (Fsp3) is 0.667. The van der Waals surface area contributed by atoms with Gasteiger partial charge in [-0.2, -0.15) is 9.97 Å². The lowest BCUT2D eigenvalue weighted by atomic mass is 10.2. The average molecular weight is 310 g/mol. The highest BCUT2D eigenvalue weighted by Gasteiger charge is 2.11. The molecule has 1 heterocycles. The number of hydrogen-bond acceptors (Lipinski definition) is 3. The van der Waals surface area contributed by atoms with Gasteiger partial charge in [0.1, 0.15) is 0 Å². The van der Waals surface area contributed by atoms with Crippen molar-refractivity contribution in [2.45, 2.75) is 27.7 Å². The van der Waals surface area contributed by atoms with E-state index >= 15 is 0 Å². The maximum atomic E-state index is 5.78. The molecule has 1 aromatic rings. The molecule has 0 aliphatic rings. The van der Waals surface area contributed by atoms with Crippen LogP contribution in [0.2, 0.25) is 0 Å². The van der Waals surface area contributed by atoms with E-state index in [0.29, 0.717) is 17.8 Å².